The lowest BCUT2D eigenvalue weighted by Crippen LogP contribution is -2.13. The molecule has 0 spiro atoms. The highest BCUT2D eigenvalue weighted by molar-refractivity contribution is 5.39. The summed E-state index contributed by atoms with van der Waals surface area (Å²) in [6.45, 7) is 0. The van der Waals surface area contributed by atoms with Crippen molar-refractivity contribution in [3.63, 3.8) is 0 Å². The Balaban J connectivity index is 2.33. The number of hydrogen-bond acceptors (Lipinski definition) is 4. The monoisotopic (exact) mass is 210 g/mol. The second-order valence-corrected chi connectivity index (χ2v) is 4.00. The molecule has 0 aliphatic heterocycles. The van der Waals surface area contributed by atoms with Gasteiger partial charge in [0, 0.05) is 5.92 Å². The highest BCUT2D eigenvalue weighted by atomic mass is 19.1. The quantitative estimate of drug-likeness (QED) is 0.741. The van der Waals surface area contributed by atoms with E-state index >= 15 is 0 Å². The van der Waals surface area contributed by atoms with Crippen LogP contribution < -0.4 is 11.5 Å². The van der Waals surface area contributed by atoms with Gasteiger partial charge in [0.25, 0.3) is 0 Å². The van der Waals surface area contributed by atoms with Gasteiger partial charge in [0.05, 0.1) is 5.69 Å². The summed E-state index contributed by atoms with van der Waals surface area (Å²) in [4.78, 5) is 7.57. The number of nitrogens with two attached hydrogens (primary N) is 2. The molecule has 1 aromatic heterocycles. The summed E-state index contributed by atoms with van der Waals surface area (Å²) in [5.41, 5.74) is 11.3. The number of hydrogen-bond donors (Lipinski definition) is 2. The van der Waals surface area contributed by atoms with E-state index in [1.54, 1.807) is 0 Å². The van der Waals surface area contributed by atoms with Crippen LogP contribution in [-0.2, 0) is 0 Å². The number of anilines is 2. The summed E-state index contributed by atoms with van der Waals surface area (Å²) >= 11 is 0. The first-order valence-corrected chi connectivity index (χ1v) is 5.27. The second-order valence-electron chi connectivity index (χ2n) is 4.00. The SMILES string of the molecule is Nc1nc(N)c(F)c(C2CCCCC2)n1. The molecule has 0 unspecified atom stereocenters. The highest BCUT2D eigenvalue weighted by Crippen LogP contribution is 2.33. The summed E-state index contributed by atoms with van der Waals surface area (Å²) in [6.07, 6.45) is 5.38. The fourth-order valence-corrected chi connectivity index (χ4v) is 2.15. The van der Waals surface area contributed by atoms with E-state index in [0.717, 1.165) is 25.7 Å². The van der Waals surface area contributed by atoms with Gasteiger partial charge in [0.15, 0.2) is 11.6 Å². The molecule has 2 rings (SSSR count). The Morgan fingerprint density at radius 1 is 1.07 bits per heavy atom. The van der Waals surface area contributed by atoms with Crippen molar-refractivity contribution in [2.24, 2.45) is 0 Å². The molecule has 0 amide bonds. The zero-order valence-electron chi connectivity index (χ0n) is 8.54. The molecule has 1 fully saturated rings. The maximum atomic E-state index is 13.7. The van der Waals surface area contributed by atoms with Crippen LogP contribution in [0.1, 0.15) is 43.7 Å². The molecule has 0 radical (unpaired) electrons. The van der Waals surface area contributed by atoms with Gasteiger partial charge in [0.1, 0.15) is 0 Å². The molecule has 4 nitrogen and oxygen atoms in total. The number of aromatic nitrogens is 2. The Morgan fingerprint density at radius 2 is 1.73 bits per heavy atom. The van der Waals surface area contributed by atoms with Crippen molar-refractivity contribution in [3.8, 4) is 0 Å². The predicted molar refractivity (Wildman–Crippen MR) is 56.6 cm³/mol. The Kier molecular flexibility index (Phi) is 2.70. The predicted octanol–water partition coefficient (Wildman–Crippen LogP) is 1.83. The van der Waals surface area contributed by atoms with E-state index in [0.29, 0.717) is 5.69 Å². The third-order valence-electron chi connectivity index (χ3n) is 2.91. The molecule has 15 heavy (non-hydrogen) atoms. The summed E-state index contributed by atoms with van der Waals surface area (Å²) < 4.78 is 13.7. The molecule has 1 saturated carbocycles. The Morgan fingerprint density at radius 3 is 2.40 bits per heavy atom. The summed E-state index contributed by atoms with van der Waals surface area (Å²) in [7, 11) is 0. The average Bonchev–Trinajstić information content (AvgIpc) is 2.24. The summed E-state index contributed by atoms with van der Waals surface area (Å²) in [5, 5.41) is 0. The van der Waals surface area contributed by atoms with E-state index < -0.39 is 5.82 Å². The van der Waals surface area contributed by atoms with Crippen LogP contribution >= 0.6 is 0 Å². The maximum Gasteiger partial charge on any atom is 0.222 e. The molecule has 1 aliphatic rings. The first-order valence-electron chi connectivity index (χ1n) is 5.27. The zero-order valence-corrected chi connectivity index (χ0v) is 8.54. The molecule has 4 N–H and O–H groups in total. The van der Waals surface area contributed by atoms with E-state index in [1.807, 2.05) is 0 Å². The first kappa shape index (κ1) is 10.1. The minimum absolute atomic E-state index is 0.0643. The van der Waals surface area contributed by atoms with E-state index in [-0.39, 0.29) is 17.7 Å². The van der Waals surface area contributed by atoms with Gasteiger partial charge in [-0.3, -0.25) is 0 Å². The fourth-order valence-electron chi connectivity index (χ4n) is 2.15. The molecule has 0 aromatic carbocycles. The first-order chi connectivity index (χ1) is 7.18. The Labute approximate surface area is 87.9 Å². The van der Waals surface area contributed by atoms with Gasteiger partial charge in [-0.15, -0.1) is 0 Å². The minimum Gasteiger partial charge on any atom is -0.381 e. The average molecular weight is 210 g/mol. The lowest BCUT2D eigenvalue weighted by Gasteiger charge is -2.21. The third-order valence-corrected chi connectivity index (χ3v) is 2.91. The van der Waals surface area contributed by atoms with Crippen molar-refractivity contribution >= 4 is 11.8 Å². The van der Waals surface area contributed by atoms with Gasteiger partial charge >= 0.3 is 0 Å². The van der Waals surface area contributed by atoms with Crippen LogP contribution in [0.3, 0.4) is 0 Å². The van der Waals surface area contributed by atoms with Gasteiger partial charge in [-0.2, -0.15) is 4.98 Å². The van der Waals surface area contributed by atoms with Crippen molar-refractivity contribution in [1.29, 1.82) is 0 Å². The third kappa shape index (κ3) is 2.00. The summed E-state index contributed by atoms with van der Waals surface area (Å²) in [5.74, 6) is -0.403. The highest BCUT2D eigenvalue weighted by Gasteiger charge is 2.22. The number of halogens is 1. The number of nitrogens with zero attached hydrogens (tertiary/aromatic N) is 2. The van der Waals surface area contributed by atoms with Crippen molar-refractivity contribution in [1.82, 2.24) is 9.97 Å². The van der Waals surface area contributed by atoms with Crippen molar-refractivity contribution in [3.05, 3.63) is 11.5 Å². The van der Waals surface area contributed by atoms with Gasteiger partial charge in [-0.05, 0) is 12.8 Å². The lowest BCUT2D eigenvalue weighted by atomic mass is 9.86. The zero-order chi connectivity index (χ0) is 10.8. The van der Waals surface area contributed by atoms with Crippen molar-refractivity contribution in [2.75, 3.05) is 11.5 Å². The van der Waals surface area contributed by atoms with E-state index in [1.165, 1.54) is 6.42 Å². The smallest absolute Gasteiger partial charge is 0.222 e. The van der Waals surface area contributed by atoms with Gasteiger partial charge in [0.2, 0.25) is 5.95 Å². The molecule has 1 aliphatic carbocycles. The maximum absolute atomic E-state index is 13.7. The van der Waals surface area contributed by atoms with Crippen LogP contribution in [0.2, 0.25) is 0 Å². The Bertz CT molecular complexity index is 361. The molecular weight excluding hydrogens is 195 g/mol. The van der Waals surface area contributed by atoms with Crippen LogP contribution in [0.4, 0.5) is 16.2 Å². The number of nitrogen functional groups attached to an aromatic ring is 2. The van der Waals surface area contributed by atoms with Crippen LogP contribution in [0.25, 0.3) is 0 Å². The van der Waals surface area contributed by atoms with Crippen LogP contribution in [0.15, 0.2) is 0 Å². The Hall–Kier alpha value is -1.39. The fraction of sp³-hybridized carbons (Fsp3) is 0.600. The summed E-state index contributed by atoms with van der Waals surface area (Å²) in [6, 6.07) is 0. The van der Waals surface area contributed by atoms with Crippen molar-refractivity contribution in [2.45, 2.75) is 38.0 Å². The van der Waals surface area contributed by atoms with Gasteiger partial charge in [-0.1, -0.05) is 19.3 Å². The molecule has 5 heteroatoms. The minimum atomic E-state index is -0.490. The molecule has 1 heterocycles. The van der Waals surface area contributed by atoms with Gasteiger partial charge < -0.3 is 11.5 Å². The van der Waals surface area contributed by atoms with Crippen molar-refractivity contribution < 1.29 is 4.39 Å². The molecule has 1 aromatic rings. The van der Waals surface area contributed by atoms with E-state index in [9.17, 15) is 4.39 Å². The standard InChI is InChI=1S/C10H15FN4/c11-7-8(6-4-2-1-3-5-6)14-10(13)15-9(7)12/h6H,1-5H2,(H4,12,13,14,15). The van der Waals surface area contributed by atoms with Crippen LogP contribution in [0, 0.1) is 5.82 Å². The normalized spacial score (nSPS) is 17.9. The lowest BCUT2D eigenvalue weighted by molar-refractivity contribution is 0.421. The molecule has 0 bridgehead atoms. The molecule has 0 saturated heterocycles. The molecule has 0 atom stereocenters. The van der Waals surface area contributed by atoms with Crippen LogP contribution in [0.5, 0.6) is 0 Å². The topological polar surface area (TPSA) is 77.8 Å². The van der Waals surface area contributed by atoms with Gasteiger partial charge in [-0.25, -0.2) is 9.37 Å². The molecule has 82 valence electrons. The van der Waals surface area contributed by atoms with E-state index in [4.69, 9.17) is 11.5 Å². The number of rotatable bonds is 1. The van der Waals surface area contributed by atoms with E-state index in [2.05, 4.69) is 9.97 Å². The second kappa shape index (κ2) is 4.00. The largest absolute Gasteiger partial charge is 0.381 e. The van der Waals surface area contributed by atoms with Crippen LogP contribution in [-0.4, -0.2) is 9.97 Å². The molecular formula is C10H15FN4.